The molecule has 0 bridgehead atoms. The number of carbonyl (C=O) groups is 1. The topological polar surface area (TPSA) is 187 Å². The molecule has 0 spiro atoms. The van der Waals surface area contributed by atoms with Crippen molar-refractivity contribution in [2.75, 3.05) is 31.7 Å². The van der Waals surface area contributed by atoms with Gasteiger partial charge in [0.25, 0.3) is 5.91 Å². The van der Waals surface area contributed by atoms with Crippen LogP contribution in [-0.4, -0.2) is 112 Å². The van der Waals surface area contributed by atoms with Crippen LogP contribution >= 0.6 is 23.2 Å². The molecule has 1 heterocycles. The fourth-order valence-electron chi connectivity index (χ4n) is 6.16. The Bertz CT molecular complexity index is 1820. The monoisotopic (exact) mass is 794 g/mol. The Morgan fingerprint density at radius 2 is 1.66 bits per heavy atom. The van der Waals surface area contributed by atoms with Gasteiger partial charge in [-0.05, 0) is 85.9 Å². The summed E-state index contributed by atoms with van der Waals surface area (Å²) in [5, 5.41) is 50.2. The number of aliphatic hydroxyl groups is 5. The normalized spacial score (nSPS) is 17.5. The maximum Gasteiger partial charge on any atom is 0.254 e. The first-order chi connectivity index (χ1) is 25.2. The minimum Gasteiger partial charge on any atom is -0.490 e. The van der Waals surface area contributed by atoms with Crippen molar-refractivity contribution in [2.24, 2.45) is 0 Å². The Labute approximate surface area is 320 Å². The van der Waals surface area contributed by atoms with Crippen LogP contribution < -0.4 is 4.74 Å². The zero-order chi connectivity index (χ0) is 38.3. The second-order valence-electron chi connectivity index (χ2n) is 14.0. The zero-order valence-electron chi connectivity index (χ0n) is 29.6. The van der Waals surface area contributed by atoms with E-state index in [-0.39, 0.29) is 31.6 Å². The van der Waals surface area contributed by atoms with E-state index in [1.54, 1.807) is 6.20 Å². The number of hydrogen-bond acceptors (Lipinski definition) is 11. The van der Waals surface area contributed by atoms with Gasteiger partial charge in [0.05, 0.1) is 30.7 Å². The van der Waals surface area contributed by atoms with E-state index >= 15 is 0 Å². The van der Waals surface area contributed by atoms with Gasteiger partial charge in [-0.25, -0.2) is 8.42 Å². The van der Waals surface area contributed by atoms with Crippen LogP contribution in [0.25, 0.3) is 11.1 Å². The highest BCUT2D eigenvalue weighted by atomic mass is 35.5. The smallest absolute Gasteiger partial charge is 0.254 e. The van der Waals surface area contributed by atoms with Crippen LogP contribution in [0, 0.1) is 0 Å². The average molecular weight is 796 g/mol. The van der Waals surface area contributed by atoms with Crippen molar-refractivity contribution in [3.05, 3.63) is 81.6 Å². The molecule has 0 aliphatic heterocycles. The minimum absolute atomic E-state index is 0.0705. The number of rotatable bonds is 21. The van der Waals surface area contributed by atoms with Crippen LogP contribution in [0.5, 0.6) is 5.75 Å². The molecule has 5 N–H and O–H groups in total. The highest BCUT2D eigenvalue weighted by molar-refractivity contribution is 7.90. The molecule has 15 heteroatoms. The number of halogens is 2. The molecule has 2 saturated carbocycles. The summed E-state index contributed by atoms with van der Waals surface area (Å²) < 4.78 is 36.4. The van der Waals surface area contributed by atoms with E-state index in [9.17, 15) is 33.6 Å². The number of unbranched alkanes of at least 4 members (excludes halogenated alkanes) is 2. The van der Waals surface area contributed by atoms with Crippen molar-refractivity contribution >= 4 is 38.9 Å². The number of sulfone groups is 1. The van der Waals surface area contributed by atoms with Gasteiger partial charge in [0.15, 0.2) is 6.10 Å². The summed E-state index contributed by atoms with van der Waals surface area (Å²) in [5.41, 5.74) is 4.13. The summed E-state index contributed by atoms with van der Waals surface area (Å²) in [6, 6.07) is 13.7. The number of amides is 1. The molecule has 2 fully saturated rings. The summed E-state index contributed by atoms with van der Waals surface area (Å²) >= 11 is 13.5. The third kappa shape index (κ3) is 11.1. The van der Waals surface area contributed by atoms with E-state index in [1.807, 2.05) is 42.6 Å². The summed E-state index contributed by atoms with van der Waals surface area (Å²) in [6.45, 7) is -0.818. The van der Waals surface area contributed by atoms with Gasteiger partial charge in [0.1, 0.15) is 33.9 Å². The van der Waals surface area contributed by atoms with Gasteiger partial charge in [-0.3, -0.25) is 9.78 Å². The van der Waals surface area contributed by atoms with E-state index in [0.717, 1.165) is 70.4 Å². The maximum absolute atomic E-state index is 13.0. The number of aromatic nitrogens is 1. The Morgan fingerprint density at radius 1 is 0.962 bits per heavy atom. The van der Waals surface area contributed by atoms with Gasteiger partial charge >= 0.3 is 0 Å². The van der Waals surface area contributed by atoms with E-state index in [4.69, 9.17) is 37.8 Å². The zero-order valence-corrected chi connectivity index (χ0v) is 31.9. The molecule has 0 unspecified atom stereocenters. The van der Waals surface area contributed by atoms with Crippen molar-refractivity contribution in [1.29, 1.82) is 0 Å². The lowest BCUT2D eigenvalue weighted by atomic mass is 9.96. The summed E-state index contributed by atoms with van der Waals surface area (Å²) in [5.74, 6) is -0.521. The fraction of sp³-hybridized carbons (Fsp3) is 0.526. The number of ether oxygens (including phenoxy) is 2. The SMILES string of the molecule is CS(=O)(=O)CCN(CCCCCc1cc(Cl)c(COC2(c3cnccc3-c3ccccc3OC3CC3)CC2)cc1Cl)C(=O)[C@H](O)[C@H](O)[C@@H](O)[C@H](O)CO. The Morgan fingerprint density at radius 3 is 2.34 bits per heavy atom. The summed E-state index contributed by atoms with van der Waals surface area (Å²) in [4.78, 5) is 18.5. The molecule has 290 valence electrons. The molecule has 2 aromatic carbocycles. The van der Waals surface area contributed by atoms with Gasteiger partial charge in [0.2, 0.25) is 0 Å². The third-order valence-corrected chi connectivity index (χ3v) is 11.3. The predicted octanol–water partition coefficient (Wildman–Crippen LogP) is 3.82. The number of aliphatic hydroxyl groups excluding tert-OH is 5. The largest absolute Gasteiger partial charge is 0.490 e. The molecule has 4 atom stereocenters. The van der Waals surface area contributed by atoms with Crippen molar-refractivity contribution in [3.63, 3.8) is 0 Å². The van der Waals surface area contributed by atoms with Crippen molar-refractivity contribution < 1.29 is 48.2 Å². The van der Waals surface area contributed by atoms with Crippen LogP contribution in [0.15, 0.2) is 54.9 Å². The third-order valence-electron chi connectivity index (χ3n) is 9.66. The number of benzene rings is 2. The number of hydrogen-bond donors (Lipinski definition) is 5. The van der Waals surface area contributed by atoms with Crippen molar-refractivity contribution in [1.82, 2.24) is 9.88 Å². The van der Waals surface area contributed by atoms with Crippen LogP contribution in [0.1, 0.15) is 61.6 Å². The molecule has 1 amide bonds. The quantitative estimate of drug-likeness (QED) is 0.0988. The van der Waals surface area contributed by atoms with Crippen LogP contribution in [0.4, 0.5) is 0 Å². The van der Waals surface area contributed by atoms with Gasteiger partial charge in [-0.2, -0.15) is 0 Å². The molecule has 12 nitrogen and oxygen atoms in total. The van der Waals surface area contributed by atoms with Crippen LogP contribution in [-0.2, 0) is 38.0 Å². The minimum atomic E-state index is -3.46. The molecule has 2 aliphatic carbocycles. The molecular formula is C38H48Cl2N2O10S. The van der Waals surface area contributed by atoms with Crippen LogP contribution in [0.3, 0.4) is 0 Å². The first-order valence-corrected chi connectivity index (χ1v) is 20.7. The fourth-order valence-corrected chi connectivity index (χ4v) is 7.23. The second kappa shape index (κ2) is 18.2. The average Bonchev–Trinajstić information content (AvgIpc) is 4.09. The van der Waals surface area contributed by atoms with Crippen molar-refractivity contribution in [2.45, 2.75) is 94.1 Å². The standard InChI is InChI=1S/C38H48Cl2N2O10S/c1-53(49,50)18-17-42(37(48)36(47)35(46)34(45)32(44)22-43)16-6-2-3-7-24-19-31(40)25(20-30(24)39)23-51-38(13-14-38)29-21-41-15-12-27(29)28-8-4-5-9-33(28)52-26-10-11-26/h4-5,8-9,12,15,19-21,26,32,34-36,43-47H,2-3,6-7,10-11,13-14,16-18,22-23H2,1H3/t32-,34+,35-,36-/m1/s1. The van der Waals surface area contributed by atoms with Gasteiger partial charge < -0.3 is 39.9 Å². The highest BCUT2D eigenvalue weighted by Gasteiger charge is 2.48. The molecule has 53 heavy (non-hydrogen) atoms. The Hall–Kier alpha value is -2.85. The molecular weight excluding hydrogens is 747 g/mol. The van der Waals surface area contributed by atoms with Gasteiger partial charge in [-0.1, -0.05) is 47.8 Å². The Kier molecular flexibility index (Phi) is 14.2. The van der Waals surface area contributed by atoms with Crippen molar-refractivity contribution in [3.8, 4) is 16.9 Å². The molecule has 5 rings (SSSR count). The van der Waals surface area contributed by atoms with E-state index in [1.165, 1.54) is 0 Å². The first-order valence-electron chi connectivity index (χ1n) is 17.8. The lowest BCUT2D eigenvalue weighted by Crippen LogP contribution is -2.53. The lowest BCUT2D eigenvalue weighted by molar-refractivity contribution is -0.158. The lowest BCUT2D eigenvalue weighted by Gasteiger charge is -2.30. The summed E-state index contributed by atoms with van der Waals surface area (Å²) in [6.07, 6.45) is 3.01. The molecule has 1 aromatic heterocycles. The number of aryl methyl sites for hydroxylation is 1. The number of nitrogens with zero attached hydrogens (tertiary/aromatic N) is 2. The maximum atomic E-state index is 13.0. The molecule has 3 aromatic rings. The number of carbonyl (C=O) groups excluding carboxylic acids is 1. The van der Waals surface area contributed by atoms with Crippen LogP contribution in [0.2, 0.25) is 10.0 Å². The first kappa shape index (κ1) is 41.3. The Balaban J connectivity index is 1.16. The van der Waals surface area contributed by atoms with Gasteiger partial charge in [0, 0.05) is 52.9 Å². The highest BCUT2D eigenvalue weighted by Crippen LogP contribution is 2.53. The van der Waals surface area contributed by atoms with E-state index in [0.29, 0.717) is 35.7 Å². The van der Waals surface area contributed by atoms with Gasteiger partial charge in [-0.15, -0.1) is 0 Å². The summed E-state index contributed by atoms with van der Waals surface area (Å²) in [7, 11) is -3.46. The van der Waals surface area contributed by atoms with E-state index < -0.39 is 52.4 Å². The predicted molar refractivity (Wildman–Crippen MR) is 200 cm³/mol. The molecule has 0 saturated heterocycles. The number of pyridine rings is 1. The molecule has 0 radical (unpaired) electrons. The van der Waals surface area contributed by atoms with E-state index in [2.05, 4.69) is 11.1 Å². The molecule has 2 aliphatic rings. The second-order valence-corrected chi connectivity index (χ2v) is 17.1. The number of para-hydroxylation sites is 1.